The first-order chi connectivity index (χ1) is 11.5. The van der Waals surface area contributed by atoms with Crippen LogP contribution >= 0.6 is 12.4 Å². The highest BCUT2D eigenvalue weighted by atomic mass is 35.5. The zero-order valence-corrected chi connectivity index (χ0v) is 16.0. The number of amides is 1. The number of hydrogen-bond donors (Lipinski definition) is 1. The predicted molar refractivity (Wildman–Crippen MR) is 99.3 cm³/mol. The molecule has 25 heavy (non-hydrogen) atoms. The van der Waals surface area contributed by atoms with E-state index in [9.17, 15) is 4.79 Å². The van der Waals surface area contributed by atoms with E-state index in [1.54, 1.807) is 4.90 Å². The predicted octanol–water partition coefficient (Wildman–Crippen LogP) is 2.51. The van der Waals surface area contributed by atoms with Gasteiger partial charge in [-0.05, 0) is 38.6 Å². The molecule has 2 rings (SSSR count). The van der Waals surface area contributed by atoms with Crippen molar-refractivity contribution in [1.29, 1.82) is 0 Å². The summed E-state index contributed by atoms with van der Waals surface area (Å²) < 4.78 is 10.9. The van der Waals surface area contributed by atoms with Gasteiger partial charge in [0.15, 0.2) is 0 Å². The molecule has 0 radical (unpaired) electrons. The lowest BCUT2D eigenvalue weighted by Crippen LogP contribution is -2.33. The van der Waals surface area contributed by atoms with Crippen LogP contribution in [0.3, 0.4) is 0 Å². The van der Waals surface area contributed by atoms with E-state index in [-0.39, 0.29) is 18.3 Å². The fourth-order valence-corrected chi connectivity index (χ4v) is 2.28. The van der Waals surface area contributed by atoms with Gasteiger partial charge in [-0.3, -0.25) is 4.79 Å². The van der Waals surface area contributed by atoms with Gasteiger partial charge >= 0.3 is 0 Å². The number of aryl methyl sites for hydroxylation is 2. The third-order valence-corrected chi connectivity index (χ3v) is 3.97. The average Bonchev–Trinajstić information content (AvgIpc) is 2.90. The van der Waals surface area contributed by atoms with Crippen molar-refractivity contribution in [2.75, 3.05) is 27.2 Å². The number of carbonyl (C=O) groups is 1. The number of likely N-dealkylation sites (N-methyl/N-ethyl adjacent to an activating group) is 2. The smallest absolute Gasteiger partial charge is 0.226 e. The molecule has 1 N–H and O–H groups in total. The van der Waals surface area contributed by atoms with Crippen LogP contribution in [0.25, 0.3) is 0 Å². The Hall–Kier alpha value is -2.05. The molecule has 0 bridgehead atoms. The van der Waals surface area contributed by atoms with Gasteiger partial charge in [-0.15, -0.1) is 12.4 Å². The summed E-state index contributed by atoms with van der Waals surface area (Å²) in [5.41, 5.74) is 2.79. The number of aromatic nitrogens is 1. The molecule has 6 nitrogen and oxygen atoms in total. The van der Waals surface area contributed by atoms with E-state index in [1.807, 2.05) is 52.2 Å². The van der Waals surface area contributed by atoms with Gasteiger partial charge in [0, 0.05) is 20.1 Å². The first kappa shape index (κ1) is 21.0. The van der Waals surface area contributed by atoms with Gasteiger partial charge in [-0.25, -0.2) is 0 Å². The maximum absolute atomic E-state index is 12.1. The summed E-state index contributed by atoms with van der Waals surface area (Å²) in [7, 11) is 3.69. The molecule has 0 aliphatic carbocycles. The van der Waals surface area contributed by atoms with Gasteiger partial charge < -0.3 is 19.5 Å². The van der Waals surface area contributed by atoms with Gasteiger partial charge in [-0.2, -0.15) is 0 Å². The number of nitrogens with zero attached hydrogens (tertiary/aromatic N) is 2. The summed E-state index contributed by atoms with van der Waals surface area (Å²) in [6.07, 6.45) is 0.393. The Morgan fingerprint density at radius 2 is 1.96 bits per heavy atom. The molecule has 0 unspecified atom stereocenters. The molecule has 0 saturated carbocycles. The molecule has 0 aliphatic heterocycles. The molecule has 0 saturated heterocycles. The van der Waals surface area contributed by atoms with Crippen molar-refractivity contribution < 1.29 is 14.1 Å². The van der Waals surface area contributed by atoms with Crippen LogP contribution in [0, 0.1) is 13.8 Å². The molecule has 0 aliphatic rings. The van der Waals surface area contributed by atoms with Crippen molar-refractivity contribution in [3.05, 3.63) is 46.8 Å². The number of rotatable bonds is 8. The quantitative estimate of drug-likeness (QED) is 0.776. The van der Waals surface area contributed by atoms with Crippen molar-refractivity contribution >= 4 is 18.3 Å². The van der Waals surface area contributed by atoms with E-state index >= 15 is 0 Å². The minimum absolute atomic E-state index is 0. The number of benzene rings is 1. The number of hydrogen-bond acceptors (Lipinski definition) is 5. The zero-order chi connectivity index (χ0) is 17.5. The number of nitrogens with one attached hydrogen (secondary N) is 1. The summed E-state index contributed by atoms with van der Waals surface area (Å²) in [4.78, 5) is 13.8. The van der Waals surface area contributed by atoms with Crippen LogP contribution in [0.4, 0.5) is 0 Å². The number of halogens is 1. The molecule has 1 amide bonds. The van der Waals surface area contributed by atoms with Crippen LogP contribution in [0.5, 0.6) is 5.75 Å². The molecule has 1 heterocycles. The highest BCUT2D eigenvalue weighted by molar-refractivity contribution is 5.85. The lowest BCUT2D eigenvalue weighted by molar-refractivity contribution is -0.129. The highest BCUT2D eigenvalue weighted by Gasteiger charge is 2.11. The second kappa shape index (κ2) is 10.1. The van der Waals surface area contributed by atoms with Gasteiger partial charge in [0.1, 0.15) is 18.1 Å². The molecule has 0 spiro atoms. The molecular weight excluding hydrogens is 342 g/mol. The Kier molecular flexibility index (Phi) is 8.45. The first-order valence-electron chi connectivity index (χ1n) is 8.03. The number of carbonyl (C=O) groups excluding carboxylic acids is 1. The maximum atomic E-state index is 12.1. The van der Waals surface area contributed by atoms with Crippen LogP contribution in [0.2, 0.25) is 0 Å². The Labute approximate surface area is 154 Å². The molecule has 1 aromatic heterocycles. The van der Waals surface area contributed by atoms with Crippen molar-refractivity contribution in [1.82, 2.24) is 15.4 Å². The first-order valence-corrected chi connectivity index (χ1v) is 8.03. The van der Waals surface area contributed by atoms with E-state index in [0.717, 1.165) is 34.9 Å². The average molecular weight is 368 g/mol. The summed E-state index contributed by atoms with van der Waals surface area (Å²) in [6.45, 7) is 5.68. The van der Waals surface area contributed by atoms with Gasteiger partial charge in [-0.1, -0.05) is 17.3 Å². The Balaban J connectivity index is 0.00000312. The Bertz CT molecular complexity index is 651. The van der Waals surface area contributed by atoms with Crippen molar-refractivity contribution in [2.45, 2.75) is 26.9 Å². The molecule has 138 valence electrons. The Morgan fingerprint density at radius 3 is 2.52 bits per heavy atom. The van der Waals surface area contributed by atoms with Gasteiger partial charge in [0.25, 0.3) is 0 Å². The third-order valence-electron chi connectivity index (χ3n) is 3.97. The van der Waals surface area contributed by atoms with E-state index in [0.29, 0.717) is 19.6 Å². The van der Waals surface area contributed by atoms with E-state index in [2.05, 4.69) is 10.5 Å². The minimum Gasteiger partial charge on any atom is -0.489 e. The van der Waals surface area contributed by atoms with E-state index in [1.165, 1.54) is 0 Å². The van der Waals surface area contributed by atoms with Gasteiger partial charge in [0.2, 0.25) is 5.91 Å². The molecule has 1 aromatic carbocycles. The number of ether oxygens (including phenoxy) is 1. The SMILES string of the molecule is CNCCN(C)C(=O)Cc1ccc(OCc2c(C)noc2C)cc1.Cl. The molecular formula is C18H26ClN3O3. The molecule has 0 fully saturated rings. The summed E-state index contributed by atoms with van der Waals surface area (Å²) in [6, 6.07) is 7.61. The van der Waals surface area contributed by atoms with Crippen LogP contribution in [-0.4, -0.2) is 43.1 Å². The third kappa shape index (κ3) is 6.07. The van der Waals surface area contributed by atoms with Gasteiger partial charge in [0.05, 0.1) is 17.7 Å². The summed E-state index contributed by atoms with van der Waals surface area (Å²) in [5, 5.41) is 6.95. The van der Waals surface area contributed by atoms with Crippen molar-refractivity contribution in [3.63, 3.8) is 0 Å². The molecule has 2 aromatic rings. The van der Waals surface area contributed by atoms with Crippen molar-refractivity contribution in [3.8, 4) is 5.75 Å². The van der Waals surface area contributed by atoms with Crippen molar-refractivity contribution in [2.24, 2.45) is 0 Å². The molecule has 7 heteroatoms. The highest BCUT2D eigenvalue weighted by Crippen LogP contribution is 2.18. The fraction of sp³-hybridized carbons (Fsp3) is 0.444. The summed E-state index contributed by atoms with van der Waals surface area (Å²) in [5.74, 6) is 1.64. The largest absolute Gasteiger partial charge is 0.489 e. The normalized spacial score (nSPS) is 10.2. The second-order valence-electron chi connectivity index (χ2n) is 5.83. The zero-order valence-electron chi connectivity index (χ0n) is 15.2. The van der Waals surface area contributed by atoms with E-state index in [4.69, 9.17) is 9.26 Å². The van der Waals surface area contributed by atoms with Crippen LogP contribution in [0.1, 0.15) is 22.6 Å². The Morgan fingerprint density at radius 1 is 1.28 bits per heavy atom. The van der Waals surface area contributed by atoms with Crippen LogP contribution < -0.4 is 10.1 Å². The standard InChI is InChI=1S/C18H25N3O3.ClH/c1-13-17(14(2)24-20-13)12-23-16-7-5-15(6-8-16)11-18(22)21(4)10-9-19-3;/h5-8,19H,9-12H2,1-4H3;1H. The van der Waals surface area contributed by atoms with Crippen LogP contribution in [-0.2, 0) is 17.8 Å². The second-order valence-corrected chi connectivity index (χ2v) is 5.83. The lowest BCUT2D eigenvalue weighted by Gasteiger charge is -2.17. The lowest BCUT2D eigenvalue weighted by atomic mass is 10.1. The van der Waals surface area contributed by atoms with E-state index < -0.39 is 0 Å². The monoisotopic (exact) mass is 367 g/mol. The molecule has 0 atom stereocenters. The summed E-state index contributed by atoms with van der Waals surface area (Å²) >= 11 is 0. The van der Waals surface area contributed by atoms with Crippen LogP contribution in [0.15, 0.2) is 28.8 Å². The maximum Gasteiger partial charge on any atom is 0.226 e. The minimum atomic E-state index is 0. The topological polar surface area (TPSA) is 67.6 Å². The fourth-order valence-electron chi connectivity index (χ4n) is 2.28.